The Morgan fingerprint density at radius 2 is 2.11 bits per heavy atom. The van der Waals surface area contributed by atoms with E-state index in [4.69, 9.17) is 5.11 Å². The van der Waals surface area contributed by atoms with Crippen LogP contribution in [0.15, 0.2) is 0 Å². The van der Waals surface area contributed by atoms with E-state index in [1.807, 2.05) is 13.8 Å². The first kappa shape index (κ1) is 9.66. The van der Waals surface area contributed by atoms with E-state index in [0.29, 0.717) is 5.25 Å². The molecule has 3 heteroatoms. The van der Waals surface area contributed by atoms with Crippen molar-refractivity contribution in [2.75, 3.05) is 11.5 Å². The summed E-state index contributed by atoms with van der Waals surface area (Å²) in [5, 5.41) is 9.35. The minimum Gasteiger partial charge on any atom is -0.392 e. The highest BCUT2D eigenvalue weighted by Gasteiger charge is 2.06. The second-order valence-electron chi connectivity index (χ2n) is 2.04. The fraction of sp³-hybridized carbons (Fsp3) is 1.00. The van der Waals surface area contributed by atoms with E-state index in [-0.39, 0.29) is 6.10 Å². The molecule has 0 aliphatic rings. The summed E-state index contributed by atoms with van der Waals surface area (Å²) >= 11 is 5.82. The molecule has 0 bridgehead atoms. The number of thioether (sulfide) groups is 1. The zero-order chi connectivity index (χ0) is 7.28. The maximum Gasteiger partial charge on any atom is 0.0627 e. The number of hydrogen-bond donors (Lipinski definition) is 2. The zero-order valence-electron chi connectivity index (χ0n) is 5.87. The van der Waals surface area contributed by atoms with Crippen LogP contribution in [0.4, 0.5) is 0 Å². The number of rotatable bonds is 4. The van der Waals surface area contributed by atoms with Gasteiger partial charge in [-0.25, -0.2) is 0 Å². The summed E-state index contributed by atoms with van der Waals surface area (Å²) in [6.07, 6.45) is -0.199. The largest absolute Gasteiger partial charge is 0.392 e. The summed E-state index contributed by atoms with van der Waals surface area (Å²) in [4.78, 5) is 0. The van der Waals surface area contributed by atoms with Gasteiger partial charge in [0.15, 0.2) is 0 Å². The molecule has 0 aliphatic heterocycles. The fourth-order valence-electron chi connectivity index (χ4n) is 0.378. The van der Waals surface area contributed by atoms with Crippen molar-refractivity contribution in [1.82, 2.24) is 0 Å². The van der Waals surface area contributed by atoms with Crippen LogP contribution >= 0.6 is 24.4 Å². The Labute approximate surface area is 66.6 Å². The molecule has 0 spiro atoms. The molecule has 0 aromatic rings. The van der Waals surface area contributed by atoms with Crippen LogP contribution < -0.4 is 0 Å². The van der Waals surface area contributed by atoms with Gasteiger partial charge in [0.05, 0.1) is 6.10 Å². The van der Waals surface area contributed by atoms with Crippen LogP contribution in [0, 0.1) is 0 Å². The van der Waals surface area contributed by atoms with E-state index < -0.39 is 0 Å². The van der Waals surface area contributed by atoms with Crippen molar-refractivity contribution in [3.63, 3.8) is 0 Å². The molecule has 0 radical (unpaired) electrons. The standard InChI is InChI=1S/C6H14OS2/c1-5(7)6(2)9-4-3-8/h5-8H,3-4H2,1-2H3. The van der Waals surface area contributed by atoms with Crippen molar-refractivity contribution < 1.29 is 5.11 Å². The van der Waals surface area contributed by atoms with Gasteiger partial charge >= 0.3 is 0 Å². The Bertz CT molecular complexity index is 66.1. The second-order valence-corrected chi connectivity index (χ2v) is 3.97. The van der Waals surface area contributed by atoms with Crippen molar-refractivity contribution in [1.29, 1.82) is 0 Å². The predicted molar refractivity (Wildman–Crippen MR) is 47.5 cm³/mol. The molecule has 0 aliphatic carbocycles. The maximum absolute atomic E-state index is 9.00. The molecule has 0 saturated carbocycles. The molecule has 1 N–H and O–H groups in total. The Morgan fingerprint density at radius 1 is 1.56 bits per heavy atom. The van der Waals surface area contributed by atoms with Gasteiger partial charge < -0.3 is 5.11 Å². The van der Waals surface area contributed by atoms with E-state index in [2.05, 4.69) is 12.6 Å². The quantitative estimate of drug-likeness (QED) is 0.616. The van der Waals surface area contributed by atoms with Gasteiger partial charge in [0.25, 0.3) is 0 Å². The minimum absolute atomic E-state index is 0.199. The highest BCUT2D eigenvalue weighted by Crippen LogP contribution is 2.13. The summed E-state index contributed by atoms with van der Waals surface area (Å²) in [6.45, 7) is 3.84. The third-order valence-electron chi connectivity index (χ3n) is 1.15. The van der Waals surface area contributed by atoms with Gasteiger partial charge in [0.2, 0.25) is 0 Å². The van der Waals surface area contributed by atoms with E-state index in [9.17, 15) is 0 Å². The normalized spacial score (nSPS) is 17.3. The lowest BCUT2D eigenvalue weighted by molar-refractivity contribution is 0.196. The molecule has 0 amide bonds. The molecule has 0 saturated heterocycles. The first-order valence-electron chi connectivity index (χ1n) is 3.09. The average molecular weight is 166 g/mol. The van der Waals surface area contributed by atoms with Gasteiger partial charge in [0.1, 0.15) is 0 Å². The summed E-state index contributed by atoms with van der Waals surface area (Å²) in [5.41, 5.74) is 0. The molecule has 0 fully saturated rings. The van der Waals surface area contributed by atoms with Crippen molar-refractivity contribution in [3.05, 3.63) is 0 Å². The molecular formula is C6H14OS2. The molecule has 9 heavy (non-hydrogen) atoms. The SMILES string of the molecule is CC(O)C(C)SCCS. The van der Waals surface area contributed by atoms with Crippen LogP contribution in [0.5, 0.6) is 0 Å². The highest BCUT2D eigenvalue weighted by molar-refractivity contribution is 8.00. The van der Waals surface area contributed by atoms with E-state index in [1.165, 1.54) is 0 Å². The minimum atomic E-state index is -0.199. The van der Waals surface area contributed by atoms with E-state index in [0.717, 1.165) is 11.5 Å². The zero-order valence-corrected chi connectivity index (χ0v) is 7.58. The molecule has 0 aromatic carbocycles. The molecule has 0 aromatic heterocycles. The maximum atomic E-state index is 9.00. The van der Waals surface area contributed by atoms with Crippen LogP contribution in [0.2, 0.25) is 0 Å². The van der Waals surface area contributed by atoms with Gasteiger partial charge in [-0.1, -0.05) is 6.92 Å². The Morgan fingerprint density at radius 3 is 2.44 bits per heavy atom. The lowest BCUT2D eigenvalue weighted by Gasteiger charge is -2.12. The number of hydrogen-bond acceptors (Lipinski definition) is 3. The molecule has 2 unspecified atom stereocenters. The van der Waals surface area contributed by atoms with Gasteiger partial charge in [-0.05, 0) is 12.7 Å². The summed E-state index contributed by atoms with van der Waals surface area (Å²) in [6, 6.07) is 0. The molecular weight excluding hydrogens is 152 g/mol. The van der Waals surface area contributed by atoms with Crippen molar-refractivity contribution in [3.8, 4) is 0 Å². The van der Waals surface area contributed by atoms with E-state index >= 15 is 0 Å². The van der Waals surface area contributed by atoms with Crippen LogP contribution in [-0.4, -0.2) is 28.0 Å². The molecule has 0 heterocycles. The van der Waals surface area contributed by atoms with Crippen molar-refractivity contribution in [2.24, 2.45) is 0 Å². The van der Waals surface area contributed by atoms with Crippen LogP contribution in [0.3, 0.4) is 0 Å². The monoisotopic (exact) mass is 166 g/mol. The van der Waals surface area contributed by atoms with Crippen molar-refractivity contribution in [2.45, 2.75) is 25.2 Å². The topological polar surface area (TPSA) is 20.2 Å². The first-order valence-corrected chi connectivity index (χ1v) is 4.77. The molecule has 1 nitrogen and oxygen atoms in total. The highest BCUT2D eigenvalue weighted by atomic mass is 32.2. The van der Waals surface area contributed by atoms with E-state index in [1.54, 1.807) is 11.8 Å². The summed E-state index contributed by atoms with van der Waals surface area (Å²) < 4.78 is 0. The Balaban J connectivity index is 3.16. The molecule has 0 rings (SSSR count). The summed E-state index contributed by atoms with van der Waals surface area (Å²) in [5.74, 6) is 1.91. The fourth-order valence-corrected chi connectivity index (χ4v) is 1.45. The number of thiol groups is 1. The smallest absolute Gasteiger partial charge is 0.0627 e. The van der Waals surface area contributed by atoms with Gasteiger partial charge in [0, 0.05) is 11.0 Å². The lowest BCUT2D eigenvalue weighted by atomic mass is 10.3. The lowest BCUT2D eigenvalue weighted by Crippen LogP contribution is -2.15. The second kappa shape index (κ2) is 5.45. The van der Waals surface area contributed by atoms with Crippen LogP contribution in [0.25, 0.3) is 0 Å². The molecule has 2 atom stereocenters. The third kappa shape index (κ3) is 5.12. The van der Waals surface area contributed by atoms with Gasteiger partial charge in [-0.15, -0.1) is 0 Å². The number of aliphatic hydroxyl groups excluding tert-OH is 1. The number of aliphatic hydroxyl groups is 1. The molecule has 56 valence electrons. The van der Waals surface area contributed by atoms with Crippen LogP contribution in [-0.2, 0) is 0 Å². The predicted octanol–water partition coefficient (Wildman–Crippen LogP) is 1.42. The Hall–Kier alpha value is 0.660. The van der Waals surface area contributed by atoms with Gasteiger partial charge in [-0.3, -0.25) is 0 Å². The van der Waals surface area contributed by atoms with Crippen molar-refractivity contribution >= 4 is 24.4 Å². The average Bonchev–Trinajstić information content (AvgIpc) is 1.82. The van der Waals surface area contributed by atoms with Crippen LogP contribution in [0.1, 0.15) is 13.8 Å². The third-order valence-corrected chi connectivity index (χ3v) is 3.04. The summed E-state index contributed by atoms with van der Waals surface area (Å²) in [7, 11) is 0. The Kier molecular flexibility index (Phi) is 5.84. The van der Waals surface area contributed by atoms with Gasteiger partial charge in [-0.2, -0.15) is 24.4 Å². The first-order chi connectivity index (χ1) is 4.18.